The second-order valence-electron chi connectivity index (χ2n) is 4.39. The van der Waals surface area contributed by atoms with E-state index in [1.807, 2.05) is 24.3 Å². The molecule has 1 N–H and O–H groups in total. The average Bonchev–Trinajstić information content (AvgIpc) is 2.89. The van der Waals surface area contributed by atoms with Crippen LogP contribution in [-0.4, -0.2) is 19.9 Å². The molecule has 0 aliphatic carbocycles. The molecule has 2 aromatic heterocycles. The topological polar surface area (TPSA) is 63.7 Å². The van der Waals surface area contributed by atoms with Crippen LogP contribution in [0.5, 0.6) is 11.6 Å². The first-order valence-electron chi connectivity index (χ1n) is 6.39. The van der Waals surface area contributed by atoms with Crippen molar-refractivity contribution in [2.24, 2.45) is 0 Å². The van der Waals surface area contributed by atoms with Crippen molar-refractivity contribution in [3.05, 3.63) is 41.4 Å². The predicted molar refractivity (Wildman–Crippen MR) is 77.2 cm³/mol. The van der Waals surface area contributed by atoms with Gasteiger partial charge in [0.1, 0.15) is 11.3 Å². The Labute approximate surface area is 121 Å². The van der Waals surface area contributed by atoms with Gasteiger partial charge in [-0.2, -0.15) is 9.97 Å². The SMILES string of the molecule is CCCc1ccc(Oc2nc(Cl)nc3nc[nH]c23)cc1. The molecule has 2 heterocycles. The first-order valence-corrected chi connectivity index (χ1v) is 6.77. The standard InChI is InChI=1S/C14H13ClN4O/c1-2-3-9-4-6-10(7-5-9)20-13-11-12(17-8-16-11)18-14(15)19-13/h4-8H,2-3H2,1H3,(H,16,17,18,19). The van der Waals surface area contributed by atoms with E-state index in [0.717, 1.165) is 12.8 Å². The lowest BCUT2D eigenvalue weighted by atomic mass is 10.1. The quantitative estimate of drug-likeness (QED) is 0.743. The maximum absolute atomic E-state index is 5.86. The van der Waals surface area contributed by atoms with Crippen LogP contribution in [0.4, 0.5) is 0 Å². The summed E-state index contributed by atoms with van der Waals surface area (Å²) in [5, 5.41) is 0.113. The highest BCUT2D eigenvalue weighted by molar-refractivity contribution is 6.28. The number of ether oxygens (including phenoxy) is 1. The van der Waals surface area contributed by atoms with Crippen molar-refractivity contribution in [2.45, 2.75) is 19.8 Å². The molecule has 3 rings (SSSR count). The summed E-state index contributed by atoms with van der Waals surface area (Å²) in [4.78, 5) is 15.1. The van der Waals surface area contributed by atoms with Crippen molar-refractivity contribution >= 4 is 22.8 Å². The van der Waals surface area contributed by atoms with Crippen LogP contribution >= 0.6 is 11.6 Å². The first kappa shape index (κ1) is 12.9. The zero-order valence-corrected chi connectivity index (χ0v) is 11.7. The van der Waals surface area contributed by atoms with Gasteiger partial charge in [-0.05, 0) is 35.7 Å². The molecule has 102 valence electrons. The van der Waals surface area contributed by atoms with Gasteiger partial charge in [0.2, 0.25) is 11.2 Å². The number of hydrogen-bond acceptors (Lipinski definition) is 4. The summed E-state index contributed by atoms with van der Waals surface area (Å²) in [6, 6.07) is 7.93. The molecule has 0 saturated heterocycles. The van der Waals surface area contributed by atoms with Crippen LogP contribution in [0.2, 0.25) is 5.28 Å². The van der Waals surface area contributed by atoms with Crippen LogP contribution in [0.1, 0.15) is 18.9 Å². The van der Waals surface area contributed by atoms with E-state index in [4.69, 9.17) is 16.3 Å². The number of aromatic amines is 1. The van der Waals surface area contributed by atoms with E-state index in [0.29, 0.717) is 22.8 Å². The van der Waals surface area contributed by atoms with Gasteiger partial charge in [0, 0.05) is 0 Å². The zero-order valence-electron chi connectivity index (χ0n) is 10.9. The largest absolute Gasteiger partial charge is 0.437 e. The maximum Gasteiger partial charge on any atom is 0.250 e. The number of imidazole rings is 1. The van der Waals surface area contributed by atoms with Gasteiger partial charge in [-0.25, -0.2) is 4.98 Å². The minimum Gasteiger partial charge on any atom is -0.437 e. The van der Waals surface area contributed by atoms with Gasteiger partial charge < -0.3 is 9.72 Å². The fourth-order valence-corrected chi connectivity index (χ4v) is 2.14. The Morgan fingerprint density at radius 1 is 1.20 bits per heavy atom. The van der Waals surface area contributed by atoms with Gasteiger partial charge in [0.15, 0.2) is 5.65 Å². The highest BCUT2D eigenvalue weighted by atomic mass is 35.5. The van der Waals surface area contributed by atoms with Crippen molar-refractivity contribution < 1.29 is 4.74 Å². The van der Waals surface area contributed by atoms with E-state index in [1.54, 1.807) is 0 Å². The average molecular weight is 289 g/mol. The third-order valence-corrected chi connectivity index (χ3v) is 3.07. The summed E-state index contributed by atoms with van der Waals surface area (Å²) in [6.45, 7) is 2.16. The van der Waals surface area contributed by atoms with Crippen molar-refractivity contribution in [1.82, 2.24) is 19.9 Å². The number of rotatable bonds is 4. The molecule has 0 spiro atoms. The van der Waals surface area contributed by atoms with Crippen molar-refractivity contribution in [3.8, 4) is 11.6 Å². The fourth-order valence-electron chi connectivity index (χ4n) is 1.98. The molecular weight excluding hydrogens is 276 g/mol. The normalized spacial score (nSPS) is 10.9. The molecule has 0 radical (unpaired) electrons. The van der Waals surface area contributed by atoms with E-state index in [2.05, 4.69) is 26.9 Å². The molecule has 0 unspecified atom stereocenters. The zero-order chi connectivity index (χ0) is 13.9. The first-order chi connectivity index (χ1) is 9.76. The fraction of sp³-hybridized carbons (Fsp3) is 0.214. The molecule has 0 atom stereocenters. The monoisotopic (exact) mass is 288 g/mol. The van der Waals surface area contributed by atoms with E-state index in [1.165, 1.54) is 11.9 Å². The minimum atomic E-state index is 0.113. The lowest BCUT2D eigenvalue weighted by Gasteiger charge is -2.06. The third kappa shape index (κ3) is 2.58. The number of nitrogens with one attached hydrogen (secondary N) is 1. The van der Waals surface area contributed by atoms with Crippen molar-refractivity contribution in [3.63, 3.8) is 0 Å². The molecule has 0 amide bonds. The van der Waals surface area contributed by atoms with Gasteiger partial charge in [-0.15, -0.1) is 0 Å². The summed E-state index contributed by atoms with van der Waals surface area (Å²) in [5.41, 5.74) is 2.40. The molecule has 1 aromatic carbocycles. The van der Waals surface area contributed by atoms with Crippen molar-refractivity contribution in [2.75, 3.05) is 0 Å². The number of H-pyrrole nitrogens is 1. The number of benzene rings is 1. The van der Waals surface area contributed by atoms with E-state index >= 15 is 0 Å². The summed E-state index contributed by atoms with van der Waals surface area (Å²) >= 11 is 5.86. The molecule has 0 fully saturated rings. The molecule has 0 aliphatic heterocycles. The molecule has 5 nitrogen and oxygen atoms in total. The Balaban J connectivity index is 1.90. The summed E-state index contributed by atoms with van der Waals surface area (Å²) < 4.78 is 5.76. The minimum absolute atomic E-state index is 0.113. The second kappa shape index (κ2) is 5.46. The highest BCUT2D eigenvalue weighted by Gasteiger charge is 2.11. The highest BCUT2D eigenvalue weighted by Crippen LogP contribution is 2.26. The molecule has 0 aliphatic rings. The molecule has 0 saturated carbocycles. The number of aromatic nitrogens is 4. The Bertz CT molecular complexity index is 724. The van der Waals surface area contributed by atoms with Crippen LogP contribution in [0.25, 0.3) is 11.2 Å². The van der Waals surface area contributed by atoms with Crippen LogP contribution in [-0.2, 0) is 6.42 Å². The number of nitrogens with zero attached hydrogens (tertiary/aromatic N) is 3. The van der Waals surface area contributed by atoms with E-state index in [-0.39, 0.29) is 5.28 Å². The van der Waals surface area contributed by atoms with Gasteiger partial charge in [0.25, 0.3) is 0 Å². The van der Waals surface area contributed by atoms with Crippen LogP contribution in [0, 0.1) is 0 Å². The van der Waals surface area contributed by atoms with Crippen LogP contribution in [0.15, 0.2) is 30.6 Å². The lowest BCUT2D eigenvalue weighted by Crippen LogP contribution is -1.93. The molecule has 0 bridgehead atoms. The number of aryl methyl sites for hydroxylation is 1. The number of halogens is 1. The second-order valence-corrected chi connectivity index (χ2v) is 4.73. The van der Waals surface area contributed by atoms with Crippen LogP contribution < -0.4 is 4.74 Å². The molecular formula is C14H13ClN4O. The van der Waals surface area contributed by atoms with Gasteiger partial charge in [0.05, 0.1) is 6.33 Å². The maximum atomic E-state index is 5.86. The molecule has 3 aromatic rings. The summed E-state index contributed by atoms with van der Waals surface area (Å²) in [7, 11) is 0. The predicted octanol–water partition coefficient (Wildman–Crippen LogP) is 3.75. The van der Waals surface area contributed by atoms with Crippen molar-refractivity contribution in [1.29, 1.82) is 0 Å². The lowest BCUT2D eigenvalue weighted by molar-refractivity contribution is 0.467. The Morgan fingerprint density at radius 3 is 2.75 bits per heavy atom. The summed E-state index contributed by atoms with van der Waals surface area (Å²) in [6.07, 6.45) is 3.72. The van der Waals surface area contributed by atoms with Gasteiger partial charge in [-0.3, -0.25) is 0 Å². The number of fused-ring (bicyclic) bond motifs is 1. The smallest absolute Gasteiger partial charge is 0.250 e. The number of hydrogen-bond donors (Lipinski definition) is 1. The Kier molecular flexibility index (Phi) is 3.52. The van der Waals surface area contributed by atoms with Gasteiger partial charge in [-0.1, -0.05) is 25.5 Å². The Hall–Kier alpha value is -2.14. The van der Waals surface area contributed by atoms with E-state index < -0.39 is 0 Å². The Morgan fingerprint density at radius 2 is 2.00 bits per heavy atom. The van der Waals surface area contributed by atoms with Gasteiger partial charge >= 0.3 is 0 Å². The third-order valence-electron chi connectivity index (χ3n) is 2.90. The van der Waals surface area contributed by atoms with E-state index in [9.17, 15) is 0 Å². The molecule has 6 heteroatoms. The van der Waals surface area contributed by atoms with Crippen LogP contribution in [0.3, 0.4) is 0 Å². The molecule has 20 heavy (non-hydrogen) atoms. The summed E-state index contributed by atoms with van der Waals surface area (Å²) in [5.74, 6) is 1.08.